The molecule has 0 aliphatic carbocycles. The fourth-order valence-corrected chi connectivity index (χ4v) is 9.47. The number of fused-ring (bicyclic) bond motifs is 1. The van der Waals surface area contributed by atoms with Gasteiger partial charge in [-0.3, -0.25) is 14.4 Å². The summed E-state index contributed by atoms with van der Waals surface area (Å²) < 4.78 is 4.81. The van der Waals surface area contributed by atoms with Gasteiger partial charge in [0.25, 0.3) is 0 Å². The van der Waals surface area contributed by atoms with Crippen molar-refractivity contribution < 1.29 is 24.2 Å². The Labute approximate surface area is 248 Å². The summed E-state index contributed by atoms with van der Waals surface area (Å²) in [5.41, 5.74) is 0.197. The number of carbonyl (C=O) groups excluding carboxylic acids is 3. The molecule has 1 aromatic carbocycles. The van der Waals surface area contributed by atoms with Crippen molar-refractivity contribution in [2.24, 2.45) is 17.8 Å². The number of aliphatic hydroxyl groups excluding tert-OH is 1. The number of aliphatic hydroxyl groups is 1. The Kier molecular flexibility index (Phi) is 9.00. The van der Waals surface area contributed by atoms with E-state index in [0.717, 1.165) is 12.2 Å². The van der Waals surface area contributed by atoms with Crippen LogP contribution in [0.5, 0.6) is 5.75 Å². The lowest BCUT2D eigenvalue weighted by Gasteiger charge is -2.45. The van der Waals surface area contributed by atoms with E-state index in [1.165, 1.54) is 0 Å². The SMILES string of the molecule is C=CCN(C(=O)[C@@H]1[C@H]2C(=O)N([C@H](C)CO)C(C(=O)N(CC=C)C(C)(C)C)C23S[C@@H]1CC3C)c1ccc(OCC)cc1. The molecule has 9 heteroatoms. The van der Waals surface area contributed by atoms with Crippen molar-refractivity contribution in [2.45, 2.75) is 75.6 Å². The zero-order valence-electron chi connectivity index (χ0n) is 25.2. The number of likely N-dealkylation sites (tertiary alicyclic amines) is 1. The minimum atomic E-state index is -0.789. The molecule has 3 unspecified atom stereocenters. The highest BCUT2D eigenvalue weighted by Gasteiger charge is 2.77. The summed E-state index contributed by atoms with van der Waals surface area (Å²) in [5.74, 6) is -1.03. The minimum Gasteiger partial charge on any atom is -0.494 e. The second-order valence-corrected chi connectivity index (χ2v) is 14.0. The van der Waals surface area contributed by atoms with Crippen LogP contribution in [0, 0.1) is 17.8 Å². The molecule has 0 aromatic heterocycles. The molecule has 4 rings (SSSR count). The Morgan fingerprint density at radius 1 is 1.20 bits per heavy atom. The maximum absolute atomic E-state index is 14.5. The quantitative estimate of drug-likeness (QED) is 0.394. The van der Waals surface area contributed by atoms with Crippen LogP contribution in [0.3, 0.4) is 0 Å². The van der Waals surface area contributed by atoms with Gasteiger partial charge in [-0.25, -0.2) is 0 Å². The topological polar surface area (TPSA) is 90.4 Å². The first kappa shape index (κ1) is 31.2. The van der Waals surface area contributed by atoms with Gasteiger partial charge in [0, 0.05) is 29.6 Å². The van der Waals surface area contributed by atoms with Crippen LogP contribution in [0.15, 0.2) is 49.6 Å². The van der Waals surface area contributed by atoms with E-state index in [1.807, 2.05) is 52.0 Å². The summed E-state index contributed by atoms with van der Waals surface area (Å²) in [6.07, 6.45) is 4.12. The average Bonchev–Trinajstić information content (AvgIpc) is 3.53. The number of ether oxygens (including phenoxy) is 1. The Hall–Kier alpha value is -2.78. The normalized spacial score (nSPS) is 29.2. The van der Waals surface area contributed by atoms with Crippen molar-refractivity contribution in [3.63, 3.8) is 0 Å². The van der Waals surface area contributed by atoms with Gasteiger partial charge in [0.15, 0.2) is 0 Å². The number of carbonyl (C=O) groups is 3. The smallest absolute Gasteiger partial charge is 0.247 e. The van der Waals surface area contributed by atoms with Gasteiger partial charge in [-0.05, 0) is 71.2 Å². The van der Waals surface area contributed by atoms with Crippen molar-refractivity contribution in [2.75, 3.05) is 31.2 Å². The second kappa shape index (κ2) is 11.8. The minimum absolute atomic E-state index is 0.0317. The van der Waals surface area contributed by atoms with Gasteiger partial charge in [-0.2, -0.15) is 0 Å². The van der Waals surface area contributed by atoms with Crippen LogP contribution in [0.4, 0.5) is 5.69 Å². The molecule has 0 saturated carbocycles. The van der Waals surface area contributed by atoms with Gasteiger partial charge in [0.05, 0.1) is 35.8 Å². The molecule has 8 nitrogen and oxygen atoms in total. The van der Waals surface area contributed by atoms with Crippen molar-refractivity contribution in [1.82, 2.24) is 9.80 Å². The average molecular weight is 584 g/mol. The third kappa shape index (κ3) is 5.09. The van der Waals surface area contributed by atoms with E-state index < -0.39 is 34.2 Å². The molecule has 1 N–H and O–H groups in total. The maximum Gasteiger partial charge on any atom is 0.247 e. The number of thioether (sulfide) groups is 1. The summed E-state index contributed by atoms with van der Waals surface area (Å²) >= 11 is 1.64. The van der Waals surface area contributed by atoms with Gasteiger partial charge < -0.3 is 24.5 Å². The Balaban J connectivity index is 1.79. The molecule has 1 aromatic rings. The molecule has 3 heterocycles. The molecule has 0 radical (unpaired) electrons. The predicted octanol–water partition coefficient (Wildman–Crippen LogP) is 4.14. The zero-order chi connectivity index (χ0) is 30.3. The predicted molar refractivity (Wildman–Crippen MR) is 164 cm³/mol. The van der Waals surface area contributed by atoms with Crippen LogP contribution in [-0.2, 0) is 14.4 Å². The van der Waals surface area contributed by atoms with Crippen molar-refractivity contribution in [3.8, 4) is 5.75 Å². The summed E-state index contributed by atoms with van der Waals surface area (Å²) in [6, 6.07) is 6.02. The van der Waals surface area contributed by atoms with E-state index in [1.54, 1.807) is 45.5 Å². The van der Waals surface area contributed by atoms with Crippen molar-refractivity contribution in [3.05, 3.63) is 49.6 Å². The first-order valence-corrected chi connectivity index (χ1v) is 15.4. The van der Waals surface area contributed by atoms with Gasteiger partial charge in [0.2, 0.25) is 17.7 Å². The van der Waals surface area contributed by atoms with Crippen LogP contribution in [0.2, 0.25) is 0 Å². The van der Waals surface area contributed by atoms with Crippen molar-refractivity contribution >= 4 is 35.2 Å². The van der Waals surface area contributed by atoms with E-state index in [0.29, 0.717) is 25.4 Å². The molecule has 41 heavy (non-hydrogen) atoms. The third-order valence-electron chi connectivity index (χ3n) is 8.87. The molecule has 3 amide bonds. The molecule has 3 fully saturated rings. The molecule has 1 spiro atoms. The van der Waals surface area contributed by atoms with E-state index in [9.17, 15) is 19.5 Å². The largest absolute Gasteiger partial charge is 0.494 e. The van der Waals surface area contributed by atoms with E-state index >= 15 is 0 Å². The standard InChI is InChI=1S/C32H45N3O5S/c1-9-16-33(22-12-14-23(15-13-22)40-11-3)28(37)25-24-18-20(4)32(41-24)26(25)29(38)35(21(5)19-36)27(32)30(39)34(17-10-2)31(6,7)8/h9-10,12-15,20-21,24-27,36H,1-2,11,16-19H2,3-8H3/t20?,21-,24-,25+,26+,27?,32?/m1/s1. The summed E-state index contributed by atoms with van der Waals surface area (Å²) in [7, 11) is 0. The summed E-state index contributed by atoms with van der Waals surface area (Å²) in [6.45, 7) is 20.3. The lowest BCUT2D eigenvalue weighted by Crippen LogP contribution is -2.61. The fourth-order valence-electron chi connectivity index (χ4n) is 7.07. The van der Waals surface area contributed by atoms with Crippen LogP contribution in [0.1, 0.15) is 48.0 Å². The van der Waals surface area contributed by atoms with Gasteiger partial charge in [-0.1, -0.05) is 19.1 Å². The number of benzene rings is 1. The highest BCUT2D eigenvalue weighted by atomic mass is 32.2. The number of anilines is 1. The number of hydrogen-bond acceptors (Lipinski definition) is 6. The monoisotopic (exact) mass is 583 g/mol. The number of amides is 3. The number of rotatable bonds is 11. The maximum atomic E-state index is 14.5. The Morgan fingerprint density at radius 3 is 2.37 bits per heavy atom. The number of nitrogens with zero attached hydrogens (tertiary/aromatic N) is 3. The van der Waals surface area contributed by atoms with E-state index in [-0.39, 0.29) is 35.5 Å². The van der Waals surface area contributed by atoms with E-state index in [4.69, 9.17) is 4.74 Å². The first-order valence-electron chi connectivity index (χ1n) is 14.6. The van der Waals surface area contributed by atoms with Crippen LogP contribution in [-0.4, -0.2) is 86.6 Å². The lowest BCUT2D eigenvalue weighted by atomic mass is 9.65. The van der Waals surface area contributed by atoms with E-state index in [2.05, 4.69) is 20.1 Å². The zero-order valence-corrected chi connectivity index (χ0v) is 26.0. The lowest BCUT2D eigenvalue weighted by molar-refractivity contribution is -0.147. The highest BCUT2D eigenvalue weighted by molar-refractivity contribution is 8.02. The van der Waals surface area contributed by atoms with Crippen molar-refractivity contribution in [1.29, 1.82) is 0 Å². The third-order valence-corrected chi connectivity index (χ3v) is 10.9. The van der Waals surface area contributed by atoms with Crippen LogP contribution < -0.4 is 9.64 Å². The molecule has 3 aliphatic heterocycles. The van der Waals surface area contributed by atoms with Crippen LogP contribution in [0.25, 0.3) is 0 Å². The summed E-state index contributed by atoms with van der Waals surface area (Å²) in [4.78, 5) is 48.4. The molecule has 7 atom stereocenters. The fraction of sp³-hybridized carbons (Fsp3) is 0.594. The number of hydrogen-bond donors (Lipinski definition) is 1. The van der Waals surface area contributed by atoms with Gasteiger partial charge in [0.1, 0.15) is 11.8 Å². The molecule has 224 valence electrons. The first-order chi connectivity index (χ1) is 19.4. The van der Waals surface area contributed by atoms with Gasteiger partial charge >= 0.3 is 0 Å². The molecule has 2 bridgehead atoms. The molecular formula is C32H45N3O5S. The Bertz CT molecular complexity index is 1180. The van der Waals surface area contributed by atoms with Gasteiger partial charge in [-0.15, -0.1) is 24.9 Å². The Morgan fingerprint density at radius 2 is 1.83 bits per heavy atom. The molecular weight excluding hydrogens is 538 g/mol. The van der Waals surface area contributed by atoms with Crippen LogP contribution >= 0.6 is 11.8 Å². The highest BCUT2D eigenvalue weighted by Crippen LogP contribution is 2.69. The molecule has 3 aliphatic rings. The molecule has 3 saturated heterocycles. The summed E-state index contributed by atoms with van der Waals surface area (Å²) in [5, 5.41) is 10.1. The second-order valence-electron chi connectivity index (χ2n) is 12.4.